The molecule has 1 heterocycles. The Labute approximate surface area is 228 Å². The van der Waals surface area contributed by atoms with Crippen LogP contribution in [-0.4, -0.2) is 10.7 Å². The molecule has 0 saturated carbocycles. The molecule has 3 heteroatoms. The van der Waals surface area contributed by atoms with Crippen LogP contribution in [0.5, 0.6) is 0 Å². The first-order chi connectivity index (χ1) is 16.8. The average molecular weight is 513 g/mol. The number of halogens is 1. The summed E-state index contributed by atoms with van der Waals surface area (Å²) in [6.45, 7) is 17.5. The third-order valence-corrected chi connectivity index (χ3v) is 7.47. The quantitative estimate of drug-likeness (QED) is 0.256. The van der Waals surface area contributed by atoms with Crippen LogP contribution in [0.25, 0.3) is 22.5 Å². The zero-order valence-electron chi connectivity index (χ0n) is 24.5. The Morgan fingerprint density at radius 1 is 0.917 bits per heavy atom. The maximum Gasteiger partial charge on any atom is 0.0673 e. The number of nitrogens with one attached hydrogen (secondary N) is 1. The van der Waals surface area contributed by atoms with Gasteiger partial charge in [0.05, 0.1) is 11.0 Å². The lowest BCUT2D eigenvalue weighted by Gasteiger charge is -2.16. The smallest absolute Gasteiger partial charge is 0.0673 e. The Balaban J connectivity index is 0.000000504. The van der Waals surface area contributed by atoms with Gasteiger partial charge in [0, 0.05) is 16.6 Å². The molecule has 202 valence electrons. The number of aliphatic imine (C=N–C) groups is 1. The van der Waals surface area contributed by atoms with Crippen molar-refractivity contribution in [1.82, 2.24) is 4.98 Å². The van der Waals surface area contributed by atoms with Crippen LogP contribution in [0, 0.1) is 5.92 Å². The Morgan fingerprint density at radius 3 is 2.22 bits per heavy atom. The number of hydrogen-bond acceptors (Lipinski definition) is 1. The molecular weight excluding hydrogens is 460 g/mol. The summed E-state index contributed by atoms with van der Waals surface area (Å²) in [5.41, 5.74) is 9.11. The number of hydrogen-bond donors (Lipinski definition) is 1. The van der Waals surface area contributed by atoms with Crippen molar-refractivity contribution in [1.29, 1.82) is 0 Å². The number of unbranched alkanes of at least 4 members (excludes halogenated alkanes) is 3. The highest BCUT2D eigenvalue weighted by molar-refractivity contribution is 5.85. The molecule has 1 atom stereocenters. The highest BCUT2D eigenvalue weighted by Gasteiger charge is 2.11. The third kappa shape index (κ3) is 9.92. The molecule has 1 aromatic heterocycles. The van der Waals surface area contributed by atoms with Crippen LogP contribution in [0.1, 0.15) is 124 Å². The van der Waals surface area contributed by atoms with Crippen molar-refractivity contribution in [2.24, 2.45) is 10.9 Å². The van der Waals surface area contributed by atoms with Gasteiger partial charge in [-0.25, -0.2) is 0 Å². The van der Waals surface area contributed by atoms with Gasteiger partial charge in [0.25, 0.3) is 0 Å². The van der Waals surface area contributed by atoms with Gasteiger partial charge >= 0.3 is 0 Å². The lowest BCUT2D eigenvalue weighted by molar-refractivity contribution is 0.477. The van der Waals surface area contributed by atoms with Gasteiger partial charge < -0.3 is 4.98 Å². The maximum atomic E-state index is 4.69. The van der Waals surface area contributed by atoms with Crippen LogP contribution in [0.2, 0.25) is 0 Å². The molecule has 3 rings (SSSR count). The fraction of sp³-hybridized carbons (Fsp3) is 0.606. The number of aromatic nitrogens is 1. The minimum Gasteiger partial charge on any atom is -0.353 e. The topological polar surface area (TPSA) is 28.1 Å². The van der Waals surface area contributed by atoms with Crippen LogP contribution in [0.15, 0.2) is 29.3 Å². The van der Waals surface area contributed by atoms with Crippen LogP contribution < -0.4 is 10.6 Å². The van der Waals surface area contributed by atoms with Gasteiger partial charge in [0.2, 0.25) is 0 Å². The standard InChI is InChI=1S/C23H30N2.C10H22.ClH/c1-6-16(4)21-14-22(25-23(21)17(5)24-15(2)3)20-12-11-18-9-7-8-10-19(18)13-20;1-4-6-7-8-9-10(3)5-2;/h11-14,25H,6-10H2,1-5H3;10H,4-9H2,1-3H3;1H/b21-16+,23-17+;;. The number of aromatic amines is 1. The summed E-state index contributed by atoms with van der Waals surface area (Å²) in [5.74, 6) is 0.955. The zero-order chi connectivity index (χ0) is 25.8. The SMILES string of the molecule is CC/C(C)=c1\cc(-c2ccc3c(c2)CCCC3)[nH]\c1=C(/C)N=C(C)C.CCCCCCC(C)CC.Cl. The molecule has 0 amide bonds. The predicted molar refractivity (Wildman–Crippen MR) is 165 cm³/mol. The second-order valence-electron chi connectivity index (χ2n) is 10.8. The molecule has 1 unspecified atom stereocenters. The van der Waals surface area contributed by atoms with E-state index in [9.17, 15) is 0 Å². The molecule has 36 heavy (non-hydrogen) atoms. The molecule has 1 N–H and O–H groups in total. The summed E-state index contributed by atoms with van der Waals surface area (Å²) in [5, 5.41) is 2.46. The molecule has 1 aromatic carbocycles. The largest absolute Gasteiger partial charge is 0.353 e. The van der Waals surface area contributed by atoms with Gasteiger partial charge in [0.1, 0.15) is 0 Å². The third-order valence-electron chi connectivity index (χ3n) is 7.47. The molecular formula is C33H53ClN2. The van der Waals surface area contributed by atoms with Crippen molar-refractivity contribution in [3.05, 3.63) is 46.0 Å². The molecule has 1 aliphatic rings. The number of benzene rings is 1. The van der Waals surface area contributed by atoms with E-state index in [0.717, 1.165) is 29.1 Å². The monoisotopic (exact) mass is 512 g/mol. The van der Waals surface area contributed by atoms with Crippen molar-refractivity contribution in [3.63, 3.8) is 0 Å². The van der Waals surface area contributed by atoms with Crippen LogP contribution in [-0.2, 0) is 12.8 Å². The van der Waals surface area contributed by atoms with Crippen molar-refractivity contribution < 1.29 is 0 Å². The van der Waals surface area contributed by atoms with Gasteiger partial charge in [-0.05, 0) is 94.5 Å². The predicted octanol–water partition coefficient (Wildman–Crippen LogP) is 9.17. The number of aryl methyl sites for hydroxylation is 2. The van der Waals surface area contributed by atoms with Crippen molar-refractivity contribution in [3.8, 4) is 11.3 Å². The van der Waals surface area contributed by atoms with Gasteiger partial charge in [0.15, 0.2) is 0 Å². The van der Waals surface area contributed by atoms with E-state index in [1.165, 1.54) is 97.4 Å². The molecule has 0 radical (unpaired) electrons. The van der Waals surface area contributed by atoms with E-state index in [1.807, 2.05) is 13.8 Å². The molecule has 0 bridgehead atoms. The zero-order valence-corrected chi connectivity index (χ0v) is 25.3. The van der Waals surface area contributed by atoms with E-state index in [1.54, 1.807) is 0 Å². The summed E-state index contributed by atoms with van der Waals surface area (Å²) in [6.07, 6.45) is 14.6. The van der Waals surface area contributed by atoms with E-state index in [2.05, 4.69) is 70.8 Å². The highest BCUT2D eigenvalue weighted by Crippen LogP contribution is 2.26. The van der Waals surface area contributed by atoms with Gasteiger partial charge in [-0.1, -0.05) is 83.9 Å². The summed E-state index contributed by atoms with van der Waals surface area (Å²) >= 11 is 0. The normalized spacial score (nSPS) is 15.0. The van der Waals surface area contributed by atoms with E-state index in [0.29, 0.717) is 0 Å². The second kappa shape index (κ2) is 16.8. The van der Waals surface area contributed by atoms with Crippen molar-refractivity contribution >= 4 is 29.4 Å². The molecule has 0 aliphatic heterocycles. The number of rotatable bonds is 9. The first-order valence-electron chi connectivity index (χ1n) is 14.3. The molecule has 0 saturated heterocycles. The average Bonchev–Trinajstić information content (AvgIpc) is 3.31. The number of fused-ring (bicyclic) bond motifs is 1. The van der Waals surface area contributed by atoms with Gasteiger partial charge in [-0.3, -0.25) is 4.99 Å². The summed E-state index contributed by atoms with van der Waals surface area (Å²) in [7, 11) is 0. The second-order valence-corrected chi connectivity index (χ2v) is 10.8. The maximum absolute atomic E-state index is 4.69. The number of nitrogens with zero attached hydrogens (tertiary/aromatic N) is 1. The lowest BCUT2D eigenvalue weighted by atomic mass is 9.90. The van der Waals surface area contributed by atoms with Gasteiger partial charge in [-0.15, -0.1) is 12.4 Å². The van der Waals surface area contributed by atoms with Crippen molar-refractivity contribution in [2.75, 3.05) is 0 Å². The molecule has 1 aliphatic carbocycles. The Morgan fingerprint density at radius 2 is 1.61 bits per heavy atom. The summed E-state index contributed by atoms with van der Waals surface area (Å²) in [4.78, 5) is 8.35. The Hall–Kier alpha value is -1.80. The highest BCUT2D eigenvalue weighted by atomic mass is 35.5. The fourth-order valence-corrected chi connectivity index (χ4v) is 4.84. The van der Waals surface area contributed by atoms with E-state index in [4.69, 9.17) is 4.99 Å². The molecule has 2 aromatic rings. The molecule has 2 nitrogen and oxygen atoms in total. The molecule has 0 fully saturated rings. The van der Waals surface area contributed by atoms with Crippen molar-refractivity contribution in [2.45, 2.75) is 126 Å². The molecule has 0 spiro atoms. The Kier molecular flexibility index (Phi) is 15.1. The lowest BCUT2D eigenvalue weighted by Crippen LogP contribution is -2.26. The minimum atomic E-state index is 0. The summed E-state index contributed by atoms with van der Waals surface area (Å²) < 4.78 is 0. The first kappa shape index (κ1) is 32.2. The first-order valence-corrected chi connectivity index (χ1v) is 14.3. The van der Waals surface area contributed by atoms with Gasteiger partial charge in [-0.2, -0.15) is 0 Å². The Bertz CT molecular complexity index is 1070. The number of H-pyrrole nitrogens is 1. The van der Waals surface area contributed by atoms with Crippen LogP contribution in [0.3, 0.4) is 0 Å². The minimum absolute atomic E-state index is 0. The van der Waals surface area contributed by atoms with E-state index in [-0.39, 0.29) is 12.4 Å². The summed E-state index contributed by atoms with van der Waals surface area (Å²) in [6, 6.07) is 9.29. The fourth-order valence-electron chi connectivity index (χ4n) is 4.84. The van der Waals surface area contributed by atoms with E-state index < -0.39 is 0 Å². The van der Waals surface area contributed by atoms with Crippen LogP contribution >= 0.6 is 12.4 Å². The van der Waals surface area contributed by atoms with Crippen LogP contribution in [0.4, 0.5) is 0 Å². The van der Waals surface area contributed by atoms with E-state index >= 15 is 0 Å².